The molecule has 0 saturated heterocycles. The topological polar surface area (TPSA) is 58.4 Å². The molecule has 1 amide bonds. The van der Waals surface area contributed by atoms with E-state index < -0.39 is 0 Å². The molecule has 2 rings (SSSR count). The molecule has 1 aromatic rings. The van der Waals surface area contributed by atoms with Crippen molar-refractivity contribution < 1.29 is 4.79 Å². The van der Waals surface area contributed by atoms with Crippen molar-refractivity contribution in [3.8, 4) is 0 Å². The summed E-state index contributed by atoms with van der Waals surface area (Å²) in [7, 11) is 0. The van der Waals surface area contributed by atoms with E-state index in [0.717, 1.165) is 19.4 Å². The number of nitrogens with zero attached hydrogens (tertiary/aromatic N) is 1. The van der Waals surface area contributed by atoms with Crippen LogP contribution in [0.25, 0.3) is 0 Å². The molecule has 0 fully saturated rings. The van der Waals surface area contributed by atoms with Gasteiger partial charge in [-0.25, -0.2) is 0 Å². The number of hydrogen-bond acceptors (Lipinski definition) is 3. The van der Waals surface area contributed by atoms with Crippen LogP contribution in [-0.4, -0.2) is 31.1 Å². The number of nitrogens with two attached hydrogens (primary N) is 1. The molecule has 19 heavy (non-hydrogen) atoms. The van der Waals surface area contributed by atoms with Gasteiger partial charge in [0.2, 0.25) is 5.91 Å². The van der Waals surface area contributed by atoms with Crippen molar-refractivity contribution in [1.82, 2.24) is 5.32 Å². The first kappa shape index (κ1) is 13.9. The average molecular weight is 261 g/mol. The number of para-hydroxylation sites is 1. The summed E-state index contributed by atoms with van der Waals surface area (Å²) in [6.45, 7) is 5.59. The van der Waals surface area contributed by atoms with Crippen molar-refractivity contribution in [1.29, 1.82) is 0 Å². The Kier molecular flexibility index (Phi) is 4.43. The zero-order chi connectivity index (χ0) is 13.8. The third-order valence-corrected chi connectivity index (χ3v) is 3.84. The number of carbonyl (C=O) groups is 1. The maximum absolute atomic E-state index is 11.5. The molecule has 4 nitrogen and oxygen atoms in total. The monoisotopic (exact) mass is 261 g/mol. The second kappa shape index (κ2) is 6.06. The molecule has 4 heteroatoms. The summed E-state index contributed by atoms with van der Waals surface area (Å²) in [6, 6.07) is 8.57. The highest BCUT2D eigenvalue weighted by Gasteiger charge is 2.26. The van der Waals surface area contributed by atoms with Gasteiger partial charge in [0.05, 0.1) is 0 Å². The summed E-state index contributed by atoms with van der Waals surface area (Å²) >= 11 is 0. The molecule has 2 unspecified atom stereocenters. The summed E-state index contributed by atoms with van der Waals surface area (Å²) in [5.41, 5.74) is 8.08. The van der Waals surface area contributed by atoms with Crippen molar-refractivity contribution in [2.24, 2.45) is 5.73 Å². The number of aryl methyl sites for hydroxylation is 1. The highest BCUT2D eigenvalue weighted by molar-refractivity contribution is 5.80. The molecule has 0 aliphatic carbocycles. The fourth-order valence-electron chi connectivity index (χ4n) is 2.74. The van der Waals surface area contributed by atoms with E-state index in [9.17, 15) is 4.79 Å². The van der Waals surface area contributed by atoms with Gasteiger partial charge in [-0.15, -0.1) is 0 Å². The second-order valence-electron chi connectivity index (χ2n) is 5.18. The predicted octanol–water partition coefficient (Wildman–Crippen LogP) is 1.29. The number of hydrogen-bond donors (Lipinski definition) is 2. The van der Waals surface area contributed by atoms with Gasteiger partial charge >= 0.3 is 0 Å². The first-order chi connectivity index (χ1) is 9.13. The van der Waals surface area contributed by atoms with Gasteiger partial charge in [0, 0.05) is 18.3 Å². The first-order valence-electron chi connectivity index (χ1n) is 7.00. The average Bonchev–Trinajstić information content (AvgIpc) is 2.40. The van der Waals surface area contributed by atoms with Crippen LogP contribution in [0.2, 0.25) is 0 Å². The van der Waals surface area contributed by atoms with Gasteiger partial charge < -0.3 is 16.0 Å². The van der Waals surface area contributed by atoms with Gasteiger partial charge in [0.1, 0.15) is 6.04 Å². The van der Waals surface area contributed by atoms with Crippen molar-refractivity contribution in [2.45, 2.75) is 38.8 Å². The van der Waals surface area contributed by atoms with Crippen molar-refractivity contribution >= 4 is 11.6 Å². The van der Waals surface area contributed by atoms with Gasteiger partial charge in [0.15, 0.2) is 0 Å². The lowest BCUT2D eigenvalue weighted by molar-refractivity contribution is -0.119. The van der Waals surface area contributed by atoms with Crippen molar-refractivity contribution in [2.75, 3.05) is 18.0 Å². The molecular formula is C15H23N3O. The molecule has 1 heterocycles. The van der Waals surface area contributed by atoms with Crippen LogP contribution in [-0.2, 0) is 11.2 Å². The molecule has 0 aromatic heterocycles. The number of fused-ring (bicyclic) bond motifs is 1. The van der Waals surface area contributed by atoms with E-state index in [2.05, 4.69) is 41.4 Å². The van der Waals surface area contributed by atoms with Crippen LogP contribution in [0, 0.1) is 0 Å². The zero-order valence-electron chi connectivity index (χ0n) is 11.7. The van der Waals surface area contributed by atoms with Crippen LogP contribution < -0.4 is 16.0 Å². The summed E-state index contributed by atoms with van der Waals surface area (Å²) in [4.78, 5) is 13.8. The second-order valence-corrected chi connectivity index (χ2v) is 5.18. The molecule has 0 saturated carbocycles. The number of rotatable bonds is 5. The summed E-state index contributed by atoms with van der Waals surface area (Å²) in [5.74, 6) is -0.280. The van der Waals surface area contributed by atoms with Crippen LogP contribution in [0.4, 0.5) is 5.69 Å². The number of benzene rings is 1. The fourth-order valence-corrected chi connectivity index (χ4v) is 2.74. The van der Waals surface area contributed by atoms with Gasteiger partial charge in [0.25, 0.3) is 0 Å². The van der Waals surface area contributed by atoms with Crippen LogP contribution in [0.5, 0.6) is 0 Å². The number of amides is 1. The first-order valence-corrected chi connectivity index (χ1v) is 7.00. The van der Waals surface area contributed by atoms with Crippen LogP contribution in [0.15, 0.2) is 24.3 Å². The van der Waals surface area contributed by atoms with E-state index in [1.165, 1.54) is 11.3 Å². The van der Waals surface area contributed by atoms with E-state index in [0.29, 0.717) is 12.6 Å². The van der Waals surface area contributed by atoms with Gasteiger partial charge in [-0.05, 0) is 37.9 Å². The Morgan fingerprint density at radius 2 is 2.26 bits per heavy atom. The Bertz CT molecular complexity index is 447. The lowest BCUT2D eigenvalue weighted by Crippen LogP contribution is -2.52. The van der Waals surface area contributed by atoms with E-state index in [4.69, 9.17) is 5.73 Å². The minimum atomic E-state index is -0.293. The molecule has 3 N–H and O–H groups in total. The largest absolute Gasteiger partial charge is 0.368 e. The number of nitrogens with one attached hydrogen (secondary N) is 1. The lowest BCUT2D eigenvalue weighted by Gasteiger charge is -2.38. The number of anilines is 1. The summed E-state index contributed by atoms with van der Waals surface area (Å²) < 4.78 is 0. The van der Waals surface area contributed by atoms with Crippen LogP contribution >= 0.6 is 0 Å². The van der Waals surface area contributed by atoms with E-state index in [-0.39, 0.29) is 11.9 Å². The molecule has 104 valence electrons. The smallest absolute Gasteiger partial charge is 0.236 e. The third-order valence-electron chi connectivity index (χ3n) is 3.84. The maximum atomic E-state index is 11.5. The SMILES string of the molecule is CCNC(CN1c2ccccc2CCC1C)C(N)=O. The Balaban J connectivity index is 2.20. The third kappa shape index (κ3) is 3.07. The molecule has 0 spiro atoms. The van der Waals surface area contributed by atoms with Crippen LogP contribution in [0.3, 0.4) is 0 Å². The molecule has 1 aliphatic rings. The number of likely N-dealkylation sites (N-methyl/N-ethyl adjacent to an activating group) is 1. The molecule has 0 radical (unpaired) electrons. The Labute approximate surface area is 115 Å². The molecule has 1 aliphatic heterocycles. The normalized spacial score (nSPS) is 19.9. The predicted molar refractivity (Wildman–Crippen MR) is 78.2 cm³/mol. The minimum absolute atomic E-state index is 0.280. The molecular weight excluding hydrogens is 238 g/mol. The summed E-state index contributed by atoms with van der Waals surface area (Å²) in [5, 5.41) is 3.16. The Morgan fingerprint density at radius 1 is 1.53 bits per heavy atom. The zero-order valence-corrected chi connectivity index (χ0v) is 11.7. The lowest BCUT2D eigenvalue weighted by atomic mass is 9.96. The van der Waals surface area contributed by atoms with Gasteiger partial charge in [-0.3, -0.25) is 4.79 Å². The summed E-state index contributed by atoms with van der Waals surface area (Å²) in [6.07, 6.45) is 2.23. The van der Waals surface area contributed by atoms with Crippen LogP contribution in [0.1, 0.15) is 25.8 Å². The number of carbonyl (C=O) groups excluding carboxylic acids is 1. The highest BCUT2D eigenvalue weighted by atomic mass is 16.1. The Morgan fingerprint density at radius 3 is 2.95 bits per heavy atom. The molecule has 0 bridgehead atoms. The van der Waals surface area contributed by atoms with E-state index in [1.54, 1.807) is 0 Å². The standard InChI is InChI=1S/C15H23N3O/c1-3-17-13(15(16)19)10-18-11(2)8-9-12-6-4-5-7-14(12)18/h4-7,11,13,17H,3,8-10H2,1-2H3,(H2,16,19). The van der Waals surface area contributed by atoms with Crippen molar-refractivity contribution in [3.05, 3.63) is 29.8 Å². The highest BCUT2D eigenvalue weighted by Crippen LogP contribution is 2.30. The maximum Gasteiger partial charge on any atom is 0.236 e. The fraction of sp³-hybridized carbons (Fsp3) is 0.533. The van der Waals surface area contributed by atoms with E-state index >= 15 is 0 Å². The molecule has 1 aromatic carbocycles. The van der Waals surface area contributed by atoms with Gasteiger partial charge in [-0.2, -0.15) is 0 Å². The van der Waals surface area contributed by atoms with E-state index in [1.807, 2.05) is 6.92 Å². The Hall–Kier alpha value is -1.55. The van der Waals surface area contributed by atoms with Crippen molar-refractivity contribution in [3.63, 3.8) is 0 Å². The van der Waals surface area contributed by atoms with Gasteiger partial charge in [-0.1, -0.05) is 25.1 Å². The minimum Gasteiger partial charge on any atom is -0.368 e. The molecule has 2 atom stereocenters. The quantitative estimate of drug-likeness (QED) is 0.839. The number of primary amides is 1.